The van der Waals surface area contributed by atoms with Gasteiger partial charge >= 0.3 is 6.09 Å². The van der Waals surface area contributed by atoms with Crippen molar-refractivity contribution >= 4 is 41.9 Å². The van der Waals surface area contributed by atoms with Crippen LogP contribution in [0, 0.1) is 0 Å². The number of benzene rings is 1. The molecule has 0 fully saturated rings. The maximum atomic E-state index is 12.3. The number of carbonyl (C=O) groups excluding carboxylic acids is 2. The number of halogens is 1. The van der Waals surface area contributed by atoms with Gasteiger partial charge in [-0.05, 0) is 51.3 Å². The van der Waals surface area contributed by atoms with Crippen LogP contribution in [0.15, 0.2) is 29.3 Å². The van der Waals surface area contributed by atoms with E-state index in [4.69, 9.17) is 10.5 Å². The van der Waals surface area contributed by atoms with E-state index in [1.165, 1.54) is 0 Å². The fourth-order valence-corrected chi connectivity index (χ4v) is 2.69. The van der Waals surface area contributed by atoms with Gasteiger partial charge in [0.05, 0.1) is 5.54 Å². The molecule has 2 amide bonds. The van der Waals surface area contributed by atoms with Crippen molar-refractivity contribution in [1.29, 1.82) is 0 Å². The smallest absolute Gasteiger partial charge is 0.408 e. The van der Waals surface area contributed by atoms with Gasteiger partial charge in [-0.3, -0.25) is 9.79 Å². The minimum absolute atomic E-state index is 0. The third-order valence-electron chi connectivity index (χ3n) is 4.64. The van der Waals surface area contributed by atoms with Crippen molar-refractivity contribution in [3.8, 4) is 0 Å². The number of rotatable bonds is 8. The van der Waals surface area contributed by atoms with Crippen LogP contribution in [0.1, 0.15) is 63.4 Å². The largest absolute Gasteiger partial charge is 0.444 e. The number of nitrogens with zero attached hydrogens (tertiary/aromatic N) is 1. The van der Waals surface area contributed by atoms with Crippen LogP contribution >= 0.6 is 24.0 Å². The Morgan fingerprint density at radius 3 is 2.07 bits per heavy atom. The summed E-state index contributed by atoms with van der Waals surface area (Å²) in [5, 5.41) is 9.51. The molecule has 1 rings (SSSR count). The minimum Gasteiger partial charge on any atom is -0.444 e. The maximum Gasteiger partial charge on any atom is 0.408 e. The summed E-state index contributed by atoms with van der Waals surface area (Å²) in [4.78, 5) is 27.6. The lowest BCUT2D eigenvalue weighted by molar-refractivity contribution is 0.0448. The summed E-state index contributed by atoms with van der Waals surface area (Å²) in [6.07, 6.45) is 1.04. The number of aliphatic imine (C=N–C) groups is 1. The predicted octanol–water partition coefficient (Wildman–Crippen LogP) is 3.15. The Labute approximate surface area is 196 Å². The Bertz CT molecular complexity index is 710. The number of guanidine groups is 1. The zero-order chi connectivity index (χ0) is 22.1. The predicted molar refractivity (Wildman–Crippen MR) is 131 cm³/mol. The van der Waals surface area contributed by atoms with E-state index in [2.05, 4.69) is 20.9 Å². The lowest BCUT2D eigenvalue weighted by atomic mass is 9.93. The normalized spacial score (nSPS) is 11.9. The average molecular weight is 533 g/mol. The number of ether oxygens (including phenoxy) is 1. The number of nitrogens with two attached hydrogens (primary N) is 1. The van der Waals surface area contributed by atoms with Crippen molar-refractivity contribution in [1.82, 2.24) is 16.0 Å². The first-order valence-corrected chi connectivity index (χ1v) is 9.88. The van der Waals surface area contributed by atoms with E-state index in [9.17, 15) is 9.59 Å². The average Bonchev–Trinajstić information content (AvgIpc) is 2.66. The van der Waals surface area contributed by atoms with Gasteiger partial charge < -0.3 is 26.4 Å². The summed E-state index contributed by atoms with van der Waals surface area (Å²) >= 11 is 0. The van der Waals surface area contributed by atoms with Gasteiger partial charge in [0.25, 0.3) is 0 Å². The highest BCUT2D eigenvalue weighted by Gasteiger charge is 2.30. The first kappa shape index (κ1) is 28.0. The van der Waals surface area contributed by atoms with Crippen LogP contribution in [0.3, 0.4) is 0 Å². The summed E-state index contributed by atoms with van der Waals surface area (Å²) in [6, 6.07) is 7.07. The molecule has 0 aliphatic carbocycles. The van der Waals surface area contributed by atoms with Crippen LogP contribution in [0.4, 0.5) is 4.79 Å². The van der Waals surface area contributed by atoms with E-state index in [0.717, 1.165) is 18.4 Å². The molecule has 170 valence electrons. The van der Waals surface area contributed by atoms with Gasteiger partial charge in [0.15, 0.2) is 5.96 Å². The van der Waals surface area contributed by atoms with E-state index < -0.39 is 23.1 Å². The summed E-state index contributed by atoms with van der Waals surface area (Å²) < 4.78 is 5.41. The molecule has 0 aliphatic rings. The van der Waals surface area contributed by atoms with Crippen molar-refractivity contribution in [3.05, 3.63) is 35.4 Å². The van der Waals surface area contributed by atoms with Gasteiger partial charge in [-0.1, -0.05) is 26.0 Å². The second kappa shape index (κ2) is 12.6. The minimum atomic E-state index is -0.549. The standard InChI is InChI=1S/C21H35N5O3.HI/c1-7-21(8-2,26-19(28)29-20(3,4)5)14-25-18(23-6)24-13-15-9-11-16(12-10-15)17(22)27;/h9-12H,7-8,13-14H2,1-6H3,(H2,22,27)(H,26,28)(H2,23,24,25);1H. The highest BCUT2D eigenvalue weighted by molar-refractivity contribution is 14.0. The number of primary amides is 1. The Morgan fingerprint density at radius 1 is 1.07 bits per heavy atom. The molecule has 0 aromatic heterocycles. The Kier molecular flexibility index (Phi) is 11.8. The van der Waals surface area contributed by atoms with Crippen molar-refractivity contribution in [2.45, 2.75) is 65.1 Å². The Morgan fingerprint density at radius 2 is 1.63 bits per heavy atom. The van der Waals surface area contributed by atoms with Gasteiger partial charge in [0.1, 0.15) is 5.60 Å². The second-order valence-electron chi connectivity index (χ2n) is 7.95. The zero-order valence-corrected chi connectivity index (χ0v) is 21.1. The Balaban J connectivity index is 0.00000841. The van der Waals surface area contributed by atoms with Crippen molar-refractivity contribution in [3.63, 3.8) is 0 Å². The molecule has 0 spiro atoms. The van der Waals surface area contributed by atoms with Gasteiger partial charge in [-0.25, -0.2) is 4.79 Å². The number of carbonyl (C=O) groups is 2. The number of amides is 2. The summed E-state index contributed by atoms with van der Waals surface area (Å²) in [5.41, 5.74) is 5.72. The van der Waals surface area contributed by atoms with E-state index in [-0.39, 0.29) is 24.0 Å². The molecular weight excluding hydrogens is 497 g/mol. The van der Waals surface area contributed by atoms with Crippen LogP contribution in [0.2, 0.25) is 0 Å². The maximum absolute atomic E-state index is 12.3. The van der Waals surface area contributed by atoms with Crippen LogP contribution in [-0.2, 0) is 11.3 Å². The topological polar surface area (TPSA) is 118 Å². The first-order chi connectivity index (χ1) is 13.5. The number of nitrogens with one attached hydrogen (secondary N) is 3. The SMILES string of the molecule is CCC(CC)(CNC(=NC)NCc1ccc(C(N)=O)cc1)NC(=O)OC(C)(C)C.I. The molecule has 0 bridgehead atoms. The molecule has 0 heterocycles. The fourth-order valence-electron chi connectivity index (χ4n) is 2.69. The van der Waals surface area contributed by atoms with E-state index in [1.807, 2.05) is 46.8 Å². The lowest BCUT2D eigenvalue weighted by Crippen LogP contribution is -2.57. The molecule has 8 nitrogen and oxygen atoms in total. The molecular formula is C21H36IN5O3. The molecule has 0 atom stereocenters. The quantitative estimate of drug-likeness (QED) is 0.233. The molecule has 0 radical (unpaired) electrons. The summed E-state index contributed by atoms with van der Waals surface area (Å²) in [5.74, 6) is 0.163. The summed E-state index contributed by atoms with van der Waals surface area (Å²) in [6.45, 7) is 10.6. The molecule has 5 N–H and O–H groups in total. The van der Waals surface area contributed by atoms with Crippen LogP contribution in [0.5, 0.6) is 0 Å². The lowest BCUT2D eigenvalue weighted by Gasteiger charge is -2.34. The fraction of sp³-hybridized carbons (Fsp3) is 0.571. The number of hydrogen-bond acceptors (Lipinski definition) is 4. The molecule has 1 aromatic carbocycles. The number of hydrogen-bond donors (Lipinski definition) is 4. The van der Waals surface area contributed by atoms with Crippen molar-refractivity contribution < 1.29 is 14.3 Å². The van der Waals surface area contributed by atoms with Crippen molar-refractivity contribution in [2.75, 3.05) is 13.6 Å². The van der Waals surface area contributed by atoms with Crippen LogP contribution in [0.25, 0.3) is 0 Å². The third kappa shape index (κ3) is 9.64. The van der Waals surface area contributed by atoms with E-state index >= 15 is 0 Å². The third-order valence-corrected chi connectivity index (χ3v) is 4.64. The van der Waals surface area contributed by atoms with Gasteiger partial charge in [-0.2, -0.15) is 0 Å². The molecule has 0 saturated heterocycles. The van der Waals surface area contributed by atoms with E-state index in [0.29, 0.717) is 24.6 Å². The number of alkyl carbamates (subject to hydrolysis) is 1. The molecule has 9 heteroatoms. The highest BCUT2D eigenvalue weighted by atomic mass is 127. The first-order valence-electron chi connectivity index (χ1n) is 9.88. The molecule has 0 aliphatic heterocycles. The Hall–Kier alpha value is -2.04. The molecule has 1 aromatic rings. The molecule has 30 heavy (non-hydrogen) atoms. The van der Waals surface area contributed by atoms with Crippen molar-refractivity contribution in [2.24, 2.45) is 10.7 Å². The highest BCUT2D eigenvalue weighted by Crippen LogP contribution is 2.16. The van der Waals surface area contributed by atoms with Crippen LogP contribution < -0.4 is 21.7 Å². The molecule has 0 unspecified atom stereocenters. The van der Waals surface area contributed by atoms with Crippen LogP contribution in [-0.4, -0.2) is 42.7 Å². The second-order valence-corrected chi connectivity index (χ2v) is 7.95. The van der Waals surface area contributed by atoms with Gasteiger partial charge in [-0.15, -0.1) is 24.0 Å². The summed E-state index contributed by atoms with van der Waals surface area (Å²) in [7, 11) is 1.69. The van der Waals surface area contributed by atoms with E-state index in [1.54, 1.807) is 19.2 Å². The monoisotopic (exact) mass is 533 g/mol. The van der Waals surface area contributed by atoms with Gasteiger partial charge in [0, 0.05) is 25.7 Å². The zero-order valence-electron chi connectivity index (χ0n) is 18.8. The van der Waals surface area contributed by atoms with Gasteiger partial charge in [0.2, 0.25) is 5.91 Å². The molecule has 0 saturated carbocycles.